The minimum Gasteiger partial charge on any atom is -0.399 e. The second-order valence-corrected chi connectivity index (χ2v) is 5.50. The van der Waals surface area contributed by atoms with Gasteiger partial charge in [-0.1, -0.05) is 6.92 Å². The quantitative estimate of drug-likeness (QED) is 0.792. The van der Waals surface area contributed by atoms with Gasteiger partial charge >= 0.3 is 6.03 Å². The average Bonchev–Trinajstić information content (AvgIpc) is 2.43. The third-order valence-corrected chi connectivity index (χ3v) is 3.64. The molecule has 0 aromatic heterocycles. The Morgan fingerprint density at radius 3 is 2.52 bits per heavy atom. The van der Waals surface area contributed by atoms with Crippen LogP contribution in [0.5, 0.6) is 0 Å². The van der Waals surface area contributed by atoms with Crippen molar-refractivity contribution in [1.82, 2.24) is 10.2 Å². The van der Waals surface area contributed by atoms with E-state index in [0.717, 1.165) is 23.4 Å². The molecule has 2 amide bonds. The first-order valence-corrected chi connectivity index (χ1v) is 7.50. The molecule has 1 aromatic carbocycles. The van der Waals surface area contributed by atoms with Crippen molar-refractivity contribution < 1.29 is 4.79 Å². The summed E-state index contributed by atoms with van der Waals surface area (Å²) < 4.78 is 0. The molecule has 1 aromatic rings. The molecule has 118 valence electrons. The zero-order valence-corrected chi connectivity index (χ0v) is 13.8. The second kappa shape index (κ2) is 7.76. The van der Waals surface area contributed by atoms with Crippen LogP contribution in [0.25, 0.3) is 0 Å². The summed E-state index contributed by atoms with van der Waals surface area (Å²) in [5, 5.41) is 2.89. The summed E-state index contributed by atoms with van der Waals surface area (Å²) in [7, 11) is 3.99. The molecule has 3 N–H and O–H groups in total. The van der Waals surface area contributed by atoms with E-state index in [1.165, 1.54) is 0 Å². The van der Waals surface area contributed by atoms with Gasteiger partial charge in [-0.05, 0) is 44.0 Å². The highest BCUT2D eigenvalue weighted by Crippen LogP contribution is 2.24. The van der Waals surface area contributed by atoms with Gasteiger partial charge in [0.25, 0.3) is 0 Å². The lowest BCUT2D eigenvalue weighted by atomic mass is 10.1. The number of hydrogen-bond acceptors (Lipinski definition) is 3. The van der Waals surface area contributed by atoms with E-state index in [1.54, 1.807) is 0 Å². The second-order valence-electron chi connectivity index (χ2n) is 5.50. The van der Waals surface area contributed by atoms with Crippen molar-refractivity contribution >= 4 is 17.4 Å². The van der Waals surface area contributed by atoms with E-state index in [2.05, 4.69) is 19.2 Å². The van der Waals surface area contributed by atoms with Gasteiger partial charge in [-0.15, -0.1) is 0 Å². The van der Waals surface area contributed by atoms with E-state index < -0.39 is 0 Å². The molecule has 0 heterocycles. The van der Waals surface area contributed by atoms with Crippen LogP contribution in [0.2, 0.25) is 0 Å². The minimum atomic E-state index is -0.0287. The minimum absolute atomic E-state index is 0.0287. The van der Waals surface area contributed by atoms with Gasteiger partial charge < -0.3 is 20.9 Å². The van der Waals surface area contributed by atoms with Crippen LogP contribution in [0.3, 0.4) is 0 Å². The molecule has 0 radical (unpaired) electrons. The normalized spacial score (nSPS) is 11.9. The molecule has 1 atom stereocenters. The number of nitrogens with two attached hydrogens (primary N) is 1. The highest BCUT2D eigenvalue weighted by molar-refractivity contribution is 5.75. The Kier molecular flexibility index (Phi) is 6.34. The van der Waals surface area contributed by atoms with Gasteiger partial charge in [-0.2, -0.15) is 0 Å². The van der Waals surface area contributed by atoms with Crippen molar-refractivity contribution in [2.75, 3.05) is 31.3 Å². The monoisotopic (exact) mass is 292 g/mol. The molecule has 0 bridgehead atoms. The number of benzene rings is 1. The number of anilines is 2. The number of rotatable bonds is 6. The predicted octanol–water partition coefficient (Wildman–Crippen LogP) is 2.66. The Hall–Kier alpha value is -1.91. The van der Waals surface area contributed by atoms with Crippen molar-refractivity contribution in [1.29, 1.82) is 0 Å². The predicted molar refractivity (Wildman–Crippen MR) is 89.6 cm³/mol. The Morgan fingerprint density at radius 1 is 1.33 bits per heavy atom. The summed E-state index contributed by atoms with van der Waals surface area (Å²) in [6, 6.07) is 5.98. The van der Waals surface area contributed by atoms with Crippen LogP contribution in [-0.2, 0) is 6.54 Å². The van der Waals surface area contributed by atoms with Crippen molar-refractivity contribution in [2.45, 2.75) is 39.8 Å². The largest absolute Gasteiger partial charge is 0.399 e. The third kappa shape index (κ3) is 4.55. The standard InChI is InChI=1S/C16H28N4O/c1-6-12(3)20(16(21)18-7-2)11-13-10-14(17)8-9-15(13)19(4)5/h8-10,12H,6-7,11,17H2,1-5H3,(H,18,21)/t12-/m0/s1. The SMILES string of the molecule is CCNC(=O)N(Cc1cc(N)ccc1N(C)C)[C@@H](C)CC. The van der Waals surface area contributed by atoms with Gasteiger partial charge in [-0.25, -0.2) is 4.79 Å². The van der Waals surface area contributed by atoms with Crippen molar-refractivity contribution in [3.63, 3.8) is 0 Å². The molecule has 1 rings (SSSR count). The smallest absolute Gasteiger partial charge is 0.317 e. The first kappa shape index (κ1) is 17.1. The van der Waals surface area contributed by atoms with Gasteiger partial charge in [0.15, 0.2) is 0 Å². The summed E-state index contributed by atoms with van der Waals surface area (Å²) in [5.74, 6) is 0. The highest BCUT2D eigenvalue weighted by Gasteiger charge is 2.20. The van der Waals surface area contributed by atoms with E-state index >= 15 is 0 Å². The first-order valence-electron chi connectivity index (χ1n) is 7.50. The number of nitrogens with one attached hydrogen (secondary N) is 1. The molecule has 0 aliphatic carbocycles. The Labute approximate surface area is 128 Å². The summed E-state index contributed by atoms with van der Waals surface area (Å²) >= 11 is 0. The number of carbonyl (C=O) groups excluding carboxylic acids is 1. The van der Waals surface area contributed by atoms with Crippen molar-refractivity contribution in [2.24, 2.45) is 0 Å². The Bertz CT molecular complexity index is 473. The number of carbonyl (C=O) groups is 1. The molecular weight excluding hydrogens is 264 g/mol. The lowest BCUT2D eigenvalue weighted by Crippen LogP contribution is -2.44. The maximum absolute atomic E-state index is 12.3. The first-order chi connectivity index (χ1) is 9.90. The van der Waals surface area contributed by atoms with Gasteiger partial charge in [0, 0.05) is 44.6 Å². The van der Waals surface area contributed by atoms with E-state index in [0.29, 0.717) is 13.1 Å². The van der Waals surface area contributed by atoms with Gasteiger partial charge in [0.1, 0.15) is 0 Å². The fourth-order valence-electron chi connectivity index (χ4n) is 2.25. The van der Waals surface area contributed by atoms with E-state index in [4.69, 9.17) is 5.73 Å². The number of nitrogen functional groups attached to an aromatic ring is 1. The molecule has 0 unspecified atom stereocenters. The molecular formula is C16H28N4O. The number of nitrogens with zero attached hydrogens (tertiary/aromatic N) is 2. The van der Waals surface area contributed by atoms with Crippen LogP contribution in [0.4, 0.5) is 16.2 Å². The van der Waals surface area contributed by atoms with Crippen LogP contribution in [-0.4, -0.2) is 37.6 Å². The lowest BCUT2D eigenvalue weighted by molar-refractivity contribution is 0.174. The molecule has 0 spiro atoms. The van der Waals surface area contributed by atoms with Crippen LogP contribution in [0.15, 0.2) is 18.2 Å². The van der Waals surface area contributed by atoms with E-state index in [1.807, 2.05) is 49.0 Å². The fraction of sp³-hybridized carbons (Fsp3) is 0.562. The maximum Gasteiger partial charge on any atom is 0.317 e. The molecule has 0 saturated heterocycles. The zero-order valence-electron chi connectivity index (χ0n) is 13.8. The number of amides is 2. The fourth-order valence-corrected chi connectivity index (χ4v) is 2.25. The summed E-state index contributed by atoms with van der Waals surface area (Å²) in [5.41, 5.74) is 8.77. The Balaban J connectivity index is 3.08. The molecule has 0 fully saturated rings. The van der Waals surface area contributed by atoms with Gasteiger partial charge in [0.05, 0.1) is 0 Å². The van der Waals surface area contributed by atoms with Crippen LogP contribution >= 0.6 is 0 Å². The lowest BCUT2D eigenvalue weighted by Gasteiger charge is -2.30. The summed E-state index contributed by atoms with van der Waals surface area (Å²) in [6.07, 6.45) is 0.913. The van der Waals surface area contributed by atoms with Gasteiger partial charge in [0.2, 0.25) is 0 Å². The molecule has 5 heteroatoms. The van der Waals surface area contributed by atoms with Crippen LogP contribution < -0.4 is 16.0 Å². The van der Waals surface area contributed by atoms with Crippen molar-refractivity contribution in [3.8, 4) is 0 Å². The molecule has 0 saturated carbocycles. The van der Waals surface area contributed by atoms with Gasteiger partial charge in [-0.3, -0.25) is 0 Å². The topological polar surface area (TPSA) is 61.6 Å². The molecule has 5 nitrogen and oxygen atoms in total. The number of hydrogen-bond donors (Lipinski definition) is 2. The molecule has 21 heavy (non-hydrogen) atoms. The summed E-state index contributed by atoms with van der Waals surface area (Å²) in [6.45, 7) is 7.26. The van der Waals surface area contributed by atoms with E-state index in [-0.39, 0.29) is 12.1 Å². The maximum atomic E-state index is 12.3. The molecule has 0 aliphatic heterocycles. The van der Waals surface area contributed by atoms with Crippen molar-refractivity contribution in [3.05, 3.63) is 23.8 Å². The van der Waals surface area contributed by atoms with Crippen LogP contribution in [0.1, 0.15) is 32.8 Å². The van der Waals surface area contributed by atoms with Crippen LogP contribution in [0, 0.1) is 0 Å². The summed E-state index contributed by atoms with van der Waals surface area (Å²) in [4.78, 5) is 16.2. The Morgan fingerprint density at radius 2 is 2.00 bits per heavy atom. The van der Waals surface area contributed by atoms with E-state index in [9.17, 15) is 4.79 Å². The third-order valence-electron chi connectivity index (χ3n) is 3.64. The highest BCUT2D eigenvalue weighted by atomic mass is 16.2. The molecule has 0 aliphatic rings. The average molecular weight is 292 g/mol. The number of urea groups is 1. The zero-order chi connectivity index (χ0) is 16.0.